The summed E-state index contributed by atoms with van der Waals surface area (Å²) in [5.41, 5.74) is 9.47. The first kappa shape index (κ1) is 13.1. The van der Waals surface area contributed by atoms with Crippen LogP contribution in [0.1, 0.15) is 21.5 Å². The number of para-hydroxylation sites is 1. The van der Waals surface area contributed by atoms with Crippen LogP contribution in [0.2, 0.25) is 0 Å². The molecule has 21 heavy (non-hydrogen) atoms. The lowest BCUT2D eigenvalue weighted by atomic mass is 10.0. The third kappa shape index (κ3) is 2.56. The van der Waals surface area contributed by atoms with E-state index >= 15 is 0 Å². The molecular weight excluding hydrogens is 262 g/mol. The number of anilines is 1. The van der Waals surface area contributed by atoms with Gasteiger partial charge in [-0.1, -0.05) is 18.2 Å². The van der Waals surface area contributed by atoms with Crippen LogP contribution in [-0.2, 0) is 0 Å². The molecule has 0 aliphatic rings. The highest BCUT2D eigenvalue weighted by molar-refractivity contribution is 6.09. The van der Waals surface area contributed by atoms with Crippen LogP contribution in [0, 0.1) is 6.92 Å². The molecule has 2 N–H and O–H groups in total. The van der Waals surface area contributed by atoms with Gasteiger partial charge in [-0.05, 0) is 42.8 Å². The minimum Gasteiger partial charge on any atom is -0.399 e. The molecule has 1 aromatic heterocycles. The highest BCUT2D eigenvalue weighted by Gasteiger charge is 2.12. The van der Waals surface area contributed by atoms with Crippen LogP contribution in [0.15, 0.2) is 60.9 Å². The molecule has 0 bridgehead atoms. The van der Waals surface area contributed by atoms with Crippen molar-refractivity contribution in [1.29, 1.82) is 0 Å². The van der Waals surface area contributed by atoms with Crippen LogP contribution in [-0.4, -0.2) is 15.6 Å². The number of nitrogen functional groups attached to an aromatic ring is 1. The second-order valence-corrected chi connectivity index (χ2v) is 4.91. The van der Waals surface area contributed by atoms with Gasteiger partial charge in [-0.3, -0.25) is 4.79 Å². The van der Waals surface area contributed by atoms with Crippen molar-refractivity contribution in [3.8, 4) is 5.69 Å². The predicted molar refractivity (Wildman–Crippen MR) is 82.6 cm³/mol. The molecule has 0 saturated heterocycles. The molecule has 0 aliphatic heterocycles. The van der Waals surface area contributed by atoms with E-state index in [2.05, 4.69) is 5.10 Å². The van der Waals surface area contributed by atoms with Gasteiger partial charge in [0.1, 0.15) is 0 Å². The van der Waals surface area contributed by atoms with E-state index < -0.39 is 0 Å². The first-order valence-electron chi connectivity index (χ1n) is 6.66. The third-order valence-electron chi connectivity index (χ3n) is 3.40. The van der Waals surface area contributed by atoms with Crippen LogP contribution in [0.25, 0.3) is 5.69 Å². The minimum atomic E-state index is -0.0553. The molecule has 4 heteroatoms. The summed E-state index contributed by atoms with van der Waals surface area (Å²) in [4.78, 5) is 12.5. The van der Waals surface area contributed by atoms with E-state index in [9.17, 15) is 4.79 Å². The van der Waals surface area contributed by atoms with Gasteiger partial charge >= 0.3 is 0 Å². The van der Waals surface area contributed by atoms with Gasteiger partial charge in [0.15, 0.2) is 5.78 Å². The highest BCUT2D eigenvalue weighted by atomic mass is 16.1. The summed E-state index contributed by atoms with van der Waals surface area (Å²) in [5.74, 6) is -0.0553. The number of hydrogen-bond donors (Lipinski definition) is 1. The Kier molecular flexibility index (Phi) is 3.28. The molecule has 3 aromatic rings. The number of carbonyl (C=O) groups is 1. The normalized spacial score (nSPS) is 10.5. The van der Waals surface area contributed by atoms with Gasteiger partial charge in [-0.15, -0.1) is 0 Å². The molecule has 4 nitrogen and oxygen atoms in total. The van der Waals surface area contributed by atoms with Crippen LogP contribution in [0.4, 0.5) is 5.69 Å². The maximum Gasteiger partial charge on any atom is 0.196 e. The molecule has 0 atom stereocenters. The van der Waals surface area contributed by atoms with E-state index in [1.54, 1.807) is 35.3 Å². The summed E-state index contributed by atoms with van der Waals surface area (Å²) in [7, 11) is 0. The van der Waals surface area contributed by atoms with Crippen LogP contribution in [0.5, 0.6) is 0 Å². The Morgan fingerprint density at radius 1 is 1.10 bits per heavy atom. The van der Waals surface area contributed by atoms with Crippen molar-refractivity contribution in [2.75, 3.05) is 5.73 Å². The second kappa shape index (κ2) is 5.25. The molecule has 0 aliphatic carbocycles. The fourth-order valence-electron chi connectivity index (χ4n) is 2.15. The Hall–Kier alpha value is -2.88. The first-order valence-corrected chi connectivity index (χ1v) is 6.66. The fraction of sp³-hybridized carbons (Fsp3) is 0.0588. The zero-order valence-electron chi connectivity index (χ0n) is 11.7. The van der Waals surface area contributed by atoms with Crippen LogP contribution >= 0.6 is 0 Å². The van der Waals surface area contributed by atoms with Gasteiger partial charge in [-0.25, -0.2) is 4.68 Å². The molecule has 0 fully saturated rings. The quantitative estimate of drug-likeness (QED) is 0.591. The zero-order chi connectivity index (χ0) is 14.8. The third-order valence-corrected chi connectivity index (χ3v) is 3.40. The second-order valence-electron chi connectivity index (χ2n) is 4.91. The topological polar surface area (TPSA) is 60.9 Å². The van der Waals surface area contributed by atoms with E-state index in [4.69, 9.17) is 5.73 Å². The molecule has 1 heterocycles. The lowest BCUT2D eigenvalue weighted by molar-refractivity contribution is 0.103. The molecule has 2 aromatic carbocycles. The molecule has 0 amide bonds. The van der Waals surface area contributed by atoms with Gasteiger partial charge in [0.25, 0.3) is 0 Å². The van der Waals surface area contributed by atoms with E-state index in [1.165, 1.54) is 0 Å². The van der Waals surface area contributed by atoms with Crippen molar-refractivity contribution in [2.24, 2.45) is 0 Å². The average Bonchev–Trinajstić information content (AvgIpc) is 3.00. The van der Waals surface area contributed by atoms with E-state index in [0.717, 1.165) is 11.3 Å². The monoisotopic (exact) mass is 277 g/mol. The number of nitrogens with zero attached hydrogens (tertiary/aromatic N) is 2. The Balaban J connectivity index is 1.92. The Morgan fingerprint density at radius 2 is 1.86 bits per heavy atom. The van der Waals surface area contributed by atoms with Crippen LogP contribution < -0.4 is 5.73 Å². The van der Waals surface area contributed by atoms with Crippen LogP contribution in [0.3, 0.4) is 0 Å². The largest absolute Gasteiger partial charge is 0.399 e. The SMILES string of the molecule is Cc1cc(C(=O)c2cnn(-c3ccccc3)c2)ccc1N. The van der Waals surface area contributed by atoms with Crippen molar-refractivity contribution in [3.05, 3.63) is 77.6 Å². The summed E-state index contributed by atoms with van der Waals surface area (Å²) in [6.07, 6.45) is 3.32. The lowest BCUT2D eigenvalue weighted by Gasteiger charge is -2.03. The molecule has 0 radical (unpaired) electrons. The Morgan fingerprint density at radius 3 is 2.57 bits per heavy atom. The van der Waals surface area contributed by atoms with E-state index in [-0.39, 0.29) is 5.78 Å². The molecular formula is C17H15N3O. The molecule has 0 spiro atoms. The van der Waals surface area contributed by atoms with Gasteiger partial charge in [0, 0.05) is 17.4 Å². The van der Waals surface area contributed by atoms with Crippen molar-refractivity contribution in [3.63, 3.8) is 0 Å². The summed E-state index contributed by atoms with van der Waals surface area (Å²) in [6, 6.07) is 15.0. The summed E-state index contributed by atoms with van der Waals surface area (Å²) >= 11 is 0. The number of nitrogens with two attached hydrogens (primary N) is 1. The maximum absolute atomic E-state index is 12.5. The zero-order valence-corrected chi connectivity index (χ0v) is 11.7. The summed E-state index contributed by atoms with van der Waals surface area (Å²) < 4.78 is 1.69. The molecule has 3 rings (SSSR count). The maximum atomic E-state index is 12.5. The average molecular weight is 277 g/mol. The van der Waals surface area contributed by atoms with Gasteiger partial charge in [-0.2, -0.15) is 5.10 Å². The standard InChI is InChI=1S/C17H15N3O/c1-12-9-13(7-8-16(12)18)17(21)14-10-19-20(11-14)15-5-3-2-4-6-15/h2-11H,18H2,1H3. The number of hydrogen-bond acceptors (Lipinski definition) is 3. The number of ketones is 1. The number of aryl methyl sites for hydroxylation is 1. The fourth-order valence-corrected chi connectivity index (χ4v) is 2.15. The van der Waals surface area contributed by atoms with Gasteiger partial charge in [0.2, 0.25) is 0 Å². The number of benzene rings is 2. The van der Waals surface area contributed by atoms with Gasteiger partial charge < -0.3 is 5.73 Å². The predicted octanol–water partition coefficient (Wildman–Crippen LogP) is 2.99. The number of aromatic nitrogens is 2. The summed E-state index contributed by atoms with van der Waals surface area (Å²) in [6.45, 7) is 1.89. The van der Waals surface area contributed by atoms with E-state index in [0.29, 0.717) is 16.8 Å². The molecule has 0 saturated carbocycles. The molecule has 104 valence electrons. The minimum absolute atomic E-state index is 0.0553. The smallest absolute Gasteiger partial charge is 0.196 e. The number of carbonyl (C=O) groups excluding carboxylic acids is 1. The van der Waals surface area contributed by atoms with Crippen molar-refractivity contribution in [1.82, 2.24) is 9.78 Å². The van der Waals surface area contributed by atoms with E-state index in [1.807, 2.05) is 37.3 Å². The van der Waals surface area contributed by atoms with Crippen molar-refractivity contribution in [2.45, 2.75) is 6.92 Å². The van der Waals surface area contributed by atoms with Crippen molar-refractivity contribution >= 4 is 11.5 Å². The first-order chi connectivity index (χ1) is 10.1. The summed E-state index contributed by atoms with van der Waals surface area (Å²) in [5, 5.41) is 4.24. The highest BCUT2D eigenvalue weighted by Crippen LogP contribution is 2.17. The van der Waals surface area contributed by atoms with Crippen molar-refractivity contribution < 1.29 is 4.79 Å². The number of rotatable bonds is 3. The lowest BCUT2D eigenvalue weighted by Crippen LogP contribution is -2.02. The van der Waals surface area contributed by atoms with Gasteiger partial charge in [0.05, 0.1) is 17.4 Å². The Labute approximate surface area is 122 Å². The molecule has 0 unspecified atom stereocenters. The Bertz CT molecular complexity index is 791.